The molecule has 1 N–H and O–H groups in total. The van der Waals surface area contributed by atoms with E-state index in [9.17, 15) is 23.3 Å². The van der Waals surface area contributed by atoms with E-state index in [1.807, 2.05) is 20.8 Å². The highest BCUT2D eigenvalue weighted by molar-refractivity contribution is 7.92. The lowest BCUT2D eigenvalue weighted by atomic mass is 9.94. The number of hydrogen-bond donors (Lipinski definition) is 1. The minimum atomic E-state index is -3.92. The summed E-state index contributed by atoms with van der Waals surface area (Å²) in [5, 5.41) is 10.7. The van der Waals surface area contributed by atoms with E-state index in [-0.39, 0.29) is 16.5 Å². The van der Waals surface area contributed by atoms with Gasteiger partial charge in [-0.2, -0.15) is 0 Å². The Kier molecular flexibility index (Phi) is 4.88. The number of anilines is 2. The molecule has 9 heteroatoms. The zero-order valence-electron chi connectivity index (χ0n) is 15.8. The molecule has 2 aromatic rings. The Balaban J connectivity index is 1.87. The summed E-state index contributed by atoms with van der Waals surface area (Å²) >= 11 is 0. The first-order valence-corrected chi connectivity index (χ1v) is 10.2. The molecule has 0 unspecified atom stereocenters. The number of nitro benzene ring substituents is 1. The molecule has 1 aliphatic heterocycles. The monoisotopic (exact) mass is 403 g/mol. The highest BCUT2D eigenvalue weighted by Crippen LogP contribution is 2.34. The number of nitrogens with zero attached hydrogens (tertiary/aromatic N) is 2. The maximum Gasteiger partial charge on any atom is 0.269 e. The summed E-state index contributed by atoms with van der Waals surface area (Å²) in [5.74, 6) is -0.0263. The first-order valence-electron chi connectivity index (χ1n) is 8.71. The van der Waals surface area contributed by atoms with Gasteiger partial charge in [0.15, 0.2) is 0 Å². The quantitative estimate of drug-likeness (QED) is 0.622. The molecule has 1 amide bonds. The SMILES string of the molecule is CC(C)(C)C(=O)N1CCc2ccc(NS(=O)(=O)c3ccc([N+](=O)[O-])cc3)cc21. The summed E-state index contributed by atoms with van der Waals surface area (Å²) in [6.45, 7) is 6.08. The van der Waals surface area contributed by atoms with Gasteiger partial charge in [0.25, 0.3) is 15.7 Å². The molecule has 0 atom stereocenters. The highest BCUT2D eigenvalue weighted by atomic mass is 32.2. The molecule has 0 spiro atoms. The van der Waals surface area contributed by atoms with Crippen molar-refractivity contribution < 1.29 is 18.1 Å². The molecule has 0 radical (unpaired) electrons. The lowest BCUT2D eigenvalue weighted by molar-refractivity contribution is -0.384. The van der Waals surface area contributed by atoms with Crippen LogP contribution in [0.1, 0.15) is 26.3 Å². The number of hydrogen-bond acceptors (Lipinski definition) is 5. The normalized spacial score (nSPS) is 13.9. The fourth-order valence-corrected chi connectivity index (χ4v) is 4.07. The van der Waals surface area contributed by atoms with Crippen LogP contribution < -0.4 is 9.62 Å². The number of amides is 1. The smallest absolute Gasteiger partial charge is 0.269 e. The molecule has 0 saturated heterocycles. The van der Waals surface area contributed by atoms with Crippen molar-refractivity contribution in [3.63, 3.8) is 0 Å². The van der Waals surface area contributed by atoms with Crippen LogP contribution in [-0.4, -0.2) is 25.8 Å². The molecule has 0 aliphatic carbocycles. The van der Waals surface area contributed by atoms with E-state index < -0.39 is 20.4 Å². The number of carbonyl (C=O) groups is 1. The third kappa shape index (κ3) is 3.84. The van der Waals surface area contributed by atoms with Crippen molar-refractivity contribution in [1.29, 1.82) is 0 Å². The number of carbonyl (C=O) groups excluding carboxylic acids is 1. The Labute approximate surface area is 163 Å². The molecule has 0 aromatic heterocycles. The molecule has 0 saturated carbocycles. The average Bonchev–Trinajstić information content (AvgIpc) is 3.03. The predicted molar refractivity (Wildman–Crippen MR) is 106 cm³/mol. The standard InChI is InChI=1S/C19H21N3O5S/c1-19(2,3)18(23)21-11-10-13-4-5-14(12-17(13)21)20-28(26,27)16-8-6-15(7-9-16)22(24)25/h4-9,12,20H,10-11H2,1-3H3. The predicted octanol–water partition coefficient (Wildman–Crippen LogP) is 3.33. The summed E-state index contributed by atoms with van der Waals surface area (Å²) in [6.07, 6.45) is 0.715. The van der Waals surface area contributed by atoms with E-state index in [4.69, 9.17) is 0 Å². The Morgan fingerprint density at radius 1 is 1.14 bits per heavy atom. The molecule has 1 aliphatic rings. The second-order valence-electron chi connectivity index (χ2n) is 7.66. The van der Waals surface area contributed by atoms with Crippen molar-refractivity contribution >= 4 is 33.0 Å². The first-order chi connectivity index (χ1) is 13.0. The maximum atomic E-state index is 12.7. The van der Waals surface area contributed by atoms with Crippen LogP contribution in [0.15, 0.2) is 47.4 Å². The highest BCUT2D eigenvalue weighted by Gasteiger charge is 2.32. The van der Waals surface area contributed by atoms with Crippen molar-refractivity contribution in [2.75, 3.05) is 16.2 Å². The third-order valence-electron chi connectivity index (χ3n) is 4.48. The minimum Gasteiger partial charge on any atom is -0.311 e. The molecular weight excluding hydrogens is 382 g/mol. The molecular formula is C19H21N3O5S. The van der Waals surface area contributed by atoms with Gasteiger partial charge in [0, 0.05) is 29.8 Å². The van der Waals surface area contributed by atoms with Gasteiger partial charge in [-0.25, -0.2) is 8.42 Å². The first kappa shape index (κ1) is 19.8. The molecule has 8 nitrogen and oxygen atoms in total. The van der Waals surface area contributed by atoms with Gasteiger partial charge >= 0.3 is 0 Å². The second kappa shape index (κ2) is 6.90. The van der Waals surface area contributed by atoms with Crippen LogP contribution in [0, 0.1) is 15.5 Å². The number of nitrogens with one attached hydrogen (secondary N) is 1. The van der Waals surface area contributed by atoms with E-state index >= 15 is 0 Å². The number of sulfonamides is 1. The Hall–Kier alpha value is -2.94. The van der Waals surface area contributed by atoms with Crippen molar-refractivity contribution in [3.8, 4) is 0 Å². The molecule has 28 heavy (non-hydrogen) atoms. The average molecular weight is 403 g/mol. The van der Waals surface area contributed by atoms with E-state index in [0.29, 0.717) is 24.3 Å². The molecule has 0 fully saturated rings. The summed E-state index contributed by atoms with van der Waals surface area (Å²) in [5.41, 5.74) is 1.27. The van der Waals surface area contributed by atoms with Crippen molar-refractivity contribution in [2.24, 2.45) is 5.41 Å². The summed E-state index contributed by atoms with van der Waals surface area (Å²) in [7, 11) is -3.92. The van der Waals surface area contributed by atoms with Gasteiger partial charge in [0.05, 0.1) is 15.5 Å². The maximum absolute atomic E-state index is 12.7. The summed E-state index contributed by atoms with van der Waals surface area (Å²) in [4.78, 5) is 24.4. The van der Waals surface area contributed by atoms with Crippen LogP contribution in [-0.2, 0) is 21.2 Å². The van der Waals surface area contributed by atoms with Crippen molar-refractivity contribution in [1.82, 2.24) is 0 Å². The second-order valence-corrected chi connectivity index (χ2v) is 9.34. The van der Waals surface area contributed by atoms with Gasteiger partial charge in [-0.15, -0.1) is 0 Å². The van der Waals surface area contributed by atoms with Gasteiger partial charge in [-0.3, -0.25) is 19.6 Å². The van der Waals surface area contributed by atoms with Crippen LogP contribution in [0.25, 0.3) is 0 Å². The van der Waals surface area contributed by atoms with Gasteiger partial charge in [-0.1, -0.05) is 26.8 Å². The fourth-order valence-electron chi connectivity index (χ4n) is 3.02. The Morgan fingerprint density at radius 2 is 1.79 bits per heavy atom. The lowest BCUT2D eigenvalue weighted by Gasteiger charge is -2.26. The van der Waals surface area contributed by atoms with E-state index in [2.05, 4.69) is 4.72 Å². The number of rotatable bonds is 4. The zero-order valence-corrected chi connectivity index (χ0v) is 16.6. The lowest BCUT2D eigenvalue weighted by Crippen LogP contribution is -2.38. The molecule has 0 bridgehead atoms. The van der Waals surface area contributed by atoms with Crippen LogP contribution >= 0.6 is 0 Å². The van der Waals surface area contributed by atoms with E-state index in [1.165, 1.54) is 12.1 Å². The molecule has 2 aromatic carbocycles. The third-order valence-corrected chi connectivity index (χ3v) is 5.87. The Bertz CT molecular complexity index is 1040. The summed E-state index contributed by atoms with van der Waals surface area (Å²) in [6, 6.07) is 9.75. The van der Waals surface area contributed by atoms with Crippen molar-refractivity contribution in [3.05, 3.63) is 58.1 Å². The molecule has 3 rings (SSSR count). The number of non-ortho nitro benzene ring substituents is 1. The van der Waals surface area contributed by atoms with Gasteiger partial charge in [0.2, 0.25) is 5.91 Å². The Morgan fingerprint density at radius 3 is 2.36 bits per heavy atom. The van der Waals surface area contributed by atoms with Crippen LogP contribution in [0.4, 0.5) is 17.1 Å². The summed E-state index contributed by atoms with van der Waals surface area (Å²) < 4.78 is 27.7. The topological polar surface area (TPSA) is 110 Å². The van der Waals surface area contributed by atoms with Gasteiger partial charge < -0.3 is 4.90 Å². The van der Waals surface area contributed by atoms with Crippen LogP contribution in [0.2, 0.25) is 0 Å². The van der Waals surface area contributed by atoms with Gasteiger partial charge in [0.1, 0.15) is 0 Å². The number of fused-ring (bicyclic) bond motifs is 1. The van der Waals surface area contributed by atoms with E-state index in [0.717, 1.165) is 17.7 Å². The zero-order chi connectivity index (χ0) is 20.7. The minimum absolute atomic E-state index is 0.0263. The largest absolute Gasteiger partial charge is 0.311 e. The van der Waals surface area contributed by atoms with Crippen LogP contribution in [0.5, 0.6) is 0 Å². The van der Waals surface area contributed by atoms with Crippen molar-refractivity contribution in [2.45, 2.75) is 32.1 Å². The van der Waals surface area contributed by atoms with Gasteiger partial charge in [-0.05, 0) is 36.2 Å². The number of benzene rings is 2. The fraction of sp³-hybridized carbons (Fsp3) is 0.316. The molecule has 1 heterocycles. The number of nitro groups is 1. The van der Waals surface area contributed by atoms with E-state index in [1.54, 1.807) is 23.1 Å². The van der Waals surface area contributed by atoms with Crippen LogP contribution in [0.3, 0.4) is 0 Å². The molecule has 148 valence electrons.